The van der Waals surface area contributed by atoms with Crippen molar-refractivity contribution in [3.63, 3.8) is 0 Å². The third-order valence-corrected chi connectivity index (χ3v) is 2.95. The van der Waals surface area contributed by atoms with Gasteiger partial charge in [-0.3, -0.25) is 9.88 Å². The maximum Gasteiger partial charge on any atom is 0.128 e. The number of benzene rings is 1. The monoisotopic (exact) mass is 259 g/mol. The van der Waals surface area contributed by atoms with E-state index in [2.05, 4.69) is 4.98 Å². The van der Waals surface area contributed by atoms with Gasteiger partial charge >= 0.3 is 0 Å². The molecule has 0 saturated heterocycles. The number of nitrogens with zero attached hydrogens (tertiary/aromatic N) is 2. The highest BCUT2D eigenvalue weighted by atomic mass is 19.1. The van der Waals surface area contributed by atoms with Crippen molar-refractivity contribution in [2.24, 2.45) is 5.73 Å². The van der Waals surface area contributed by atoms with Crippen molar-refractivity contribution >= 4 is 0 Å². The smallest absolute Gasteiger partial charge is 0.128 e. The van der Waals surface area contributed by atoms with E-state index in [0.717, 1.165) is 11.3 Å². The molecule has 0 bridgehead atoms. The minimum atomic E-state index is -0.198. The normalized spacial score (nSPS) is 10.9. The van der Waals surface area contributed by atoms with Gasteiger partial charge in [0.05, 0.1) is 5.69 Å². The predicted octanol–water partition coefficient (Wildman–Crippen LogP) is 2.31. The van der Waals surface area contributed by atoms with Gasteiger partial charge in [-0.05, 0) is 30.8 Å². The van der Waals surface area contributed by atoms with Gasteiger partial charge in [0.25, 0.3) is 0 Å². The molecule has 0 atom stereocenters. The van der Waals surface area contributed by atoms with E-state index in [-0.39, 0.29) is 5.82 Å². The molecular formula is C15H18FN3. The molecule has 0 amide bonds. The Kier molecular flexibility index (Phi) is 4.60. The highest BCUT2D eigenvalue weighted by Crippen LogP contribution is 2.13. The van der Waals surface area contributed by atoms with E-state index >= 15 is 0 Å². The summed E-state index contributed by atoms with van der Waals surface area (Å²) in [6, 6.07) is 11.0. The Bertz CT molecular complexity index is 528. The molecule has 0 unspecified atom stereocenters. The van der Waals surface area contributed by atoms with Gasteiger partial charge in [0.1, 0.15) is 5.82 Å². The molecule has 2 aromatic rings. The average Bonchev–Trinajstić information content (AvgIpc) is 2.42. The lowest BCUT2D eigenvalue weighted by Gasteiger charge is -2.17. The molecule has 2 N–H and O–H groups in total. The number of nitrogens with two attached hydrogens (primary N) is 1. The van der Waals surface area contributed by atoms with Crippen molar-refractivity contribution in [3.05, 3.63) is 65.2 Å². The number of halogens is 1. The number of pyridine rings is 1. The molecule has 3 nitrogen and oxygen atoms in total. The molecule has 0 aliphatic heterocycles. The minimum Gasteiger partial charge on any atom is -0.326 e. The maximum atomic E-state index is 13.8. The first kappa shape index (κ1) is 13.6. The average molecular weight is 259 g/mol. The largest absolute Gasteiger partial charge is 0.326 e. The van der Waals surface area contributed by atoms with E-state index in [9.17, 15) is 4.39 Å². The second-order valence-corrected chi connectivity index (χ2v) is 4.62. The molecule has 0 aliphatic rings. The third-order valence-electron chi connectivity index (χ3n) is 2.95. The molecule has 0 aliphatic carbocycles. The van der Waals surface area contributed by atoms with Crippen LogP contribution in [0.2, 0.25) is 0 Å². The Labute approximate surface area is 112 Å². The number of rotatable bonds is 5. The van der Waals surface area contributed by atoms with Crippen LogP contribution in [-0.4, -0.2) is 16.9 Å². The molecule has 0 spiro atoms. The Morgan fingerprint density at radius 1 is 1.21 bits per heavy atom. The van der Waals surface area contributed by atoms with Gasteiger partial charge < -0.3 is 5.73 Å². The second-order valence-electron chi connectivity index (χ2n) is 4.62. The standard InChI is InChI=1S/C15H18FN3/c1-19(11-14-4-2-3-7-18-14)10-13-6-5-12(9-17)8-15(13)16/h2-8H,9-11,17H2,1H3. The number of hydrogen-bond acceptors (Lipinski definition) is 3. The van der Waals surface area contributed by atoms with E-state index in [1.165, 1.54) is 6.07 Å². The minimum absolute atomic E-state index is 0.198. The highest BCUT2D eigenvalue weighted by Gasteiger charge is 2.07. The molecule has 0 fully saturated rings. The van der Waals surface area contributed by atoms with E-state index in [1.807, 2.05) is 36.2 Å². The van der Waals surface area contributed by atoms with Crippen LogP contribution in [0, 0.1) is 5.82 Å². The van der Waals surface area contributed by atoms with Crippen LogP contribution in [0.15, 0.2) is 42.6 Å². The van der Waals surface area contributed by atoms with Gasteiger partial charge in [-0.2, -0.15) is 0 Å². The van der Waals surface area contributed by atoms with Gasteiger partial charge in [0, 0.05) is 31.4 Å². The lowest BCUT2D eigenvalue weighted by atomic mass is 10.1. The van der Waals surface area contributed by atoms with Crippen LogP contribution in [0.1, 0.15) is 16.8 Å². The zero-order valence-corrected chi connectivity index (χ0v) is 11.0. The summed E-state index contributed by atoms with van der Waals surface area (Å²) in [4.78, 5) is 6.29. The fraction of sp³-hybridized carbons (Fsp3) is 0.267. The van der Waals surface area contributed by atoms with Gasteiger partial charge in [-0.25, -0.2) is 4.39 Å². The zero-order chi connectivity index (χ0) is 13.7. The van der Waals surface area contributed by atoms with Crippen molar-refractivity contribution in [2.45, 2.75) is 19.6 Å². The van der Waals surface area contributed by atoms with Gasteiger partial charge in [-0.1, -0.05) is 18.2 Å². The quantitative estimate of drug-likeness (QED) is 0.896. The summed E-state index contributed by atoms with van der Waals surface area (Å²) in [5, 5.41) is 0. The molecular weight excluding hydrogens is 241 g/mol. The topological polar surface area (TPSA) is 42.2 Å². The van der Waals surface area contributed by atoms with E-state index in [1.54, 1.807) is 12.3 Å². The fourth-order valence-electron chi connectivity index (χ4n) is 1.96. The first-order valence-electron chi connectivity index (χ1n) is 6.25. The van der Waals surface area contributed by atoms with Crippen molar-refractivity contribution < 1.29 is 4.39 Å². The van der Waals surface area contributed by atoms with Gasteiger partial charge in [-0.15, -0.1) is 0 Å². The summed E-state index contributed by atoms with van der Waals surface area (Å²) in [6.07, 6.45) is 1.76. The Hall–Kier alpha value is -1.78. The second kappa shape index (κ2) is 6.41. The molecule has 1 heterocycles. The molecule has 0 radical (unpaired) electrons. The van der Waals surface area contributed by atoms with Crippen LogP contribution >= 0.6 is 0 Å². The summed E-state index contributed by atoms with van der Waals surface area (Å²) in [6.45, 7) is 1.60. The molecule has 4 heteroatoms. The number of hydrogen-bond donors (Lipinski definition) is 1. The molecule has 2 rings (SSSR count). The molecule has 0 saturated carbocycles. The summed E-state index contributed by atoms with van der Waals surface area (Å²) in [7, 11) is 1.95. The Morgan fingerprint density at radius 3 is 2.68 bits per heavy atom. The van der Waals surface area contributed by atoms with Gasteiger partial charge in [0.2, 0.25) is 0 Å². The first-order valence-corrected chi connectivity index (χ1v) is 6.25. The summed E-state index contributed by atoms with van der Waals surface area (Å²) < 4.78 is 13.8. The Balaban J connectivity index is 2.01. The van der Waals surface area contributed by atoms with E-state index in [4.69, 9.17) is 5.73 Å². The van der Waals surface area contributed by atoms with Crippen molar-refractivity contribution in [2.75, 3.05) is 7.05 Å². The van der Waals surface area contributed by atoms with Crippen LogP contribution in [0.25, 0.3) is 0 Å². The lowest BCUT2D eigenvalue weighted by molar-refractivity contribution is 0.309. The lowest BCUT2D eigenvalue weighted by Crippen LogP contribution is -2.18. The van der Waals surface area contributed by atoms with Crippen molar-refractivity contribution in [1.29, 1.82) is 0 Å². The van der Waals surface area contributed by atoms with Crippen LogP contribution in [-0.2, 0) is 19.6 Å². The molecule has 1 aromatic heterocycles. The molecule has 1 aromatic carbocycles. The summed E-state index contributed by atoms with van der Waals surface area (Å²) >= 11 is 0. The van der Waals surface area contributed by atoms with E-state index < -0.39 is 0 Å². The zero-order valence-electron chi connectivity index (χ0n) is 11.0. The van der Waals surface area contributed by atoms with Crippen LogP contribution < -0.4 is 5.73 Å². The maximum absolute atomic E-state index is 13.8. The fourth-order valence-corrected chi connectivity index (χ4v) is 1.96. The summed E-state index contributed by atoms with van der Waals surface area (Å²) in [5.74, 6) is -0.198. The van der Waals surface area contributed by atoms with Crippen molar-refractivity contribution in [3.8, 4) is 0 Å². The number of aromatic nitrogens is 1. The van der Waals surface area contributed by atoms with Gasteiger partial charge in [0.15, 0.2) is 0 Å². The Morgan fingerprint density at radius 2 is 2.05 bits per heavy atom. The SMILES string of the molecule is CN(Cc1ccccn1)Cc1ccc(CN)cc1F. The van der Waals surface area contributed by atoms with Crippen molar-refractivity contribution in [1.82, 2.24) is 9.88 Å². The predicted molar refractivity (Wildman–Crippen MR) is 73.7 cm³/mol. The van der Waals surface area contributed by atoms with Crippen LogP contribution in [0.5, 0.6) is 0 Å². The van der Waals surface area contributed by atoms with Crippen LogP contribution in [0.4, 0.5) is 4.39 Å². The molecule has 100 valence electrons. The summed E-state index contributed by atoms with van der Waals surface area (Å²) in [5.41, 5.74) is 7.95. The van der Waals surface area contributed by atoms with E-state index in [0.29, 0.717) is 25.2 Å². The van der Waals surface area contributed by atoms with Crippen LogP contribution in [0.3, 0.4) is 0 Å². The first-order chi connectivity index (χ1) is 9.19. The molecule has 19 heavy (non-hydrogen) atoms. The third kappa shape index (κ3) is 3.84. The highest BCUT2D eigenvalue weighted by molar-refractivity contribution is 5.24.